The number of hydrogen-bond acceptors (Lipinski definition) is 6. The highest BCUT2D eigenvalue weighted by atomic mass is 16.6. The summed E-state index contributed by atoms with van der Waals surface area (Å²) in [6.07, 6.45) is 4.88. The van der Waals surface area contributed by atoms with E-state index in [4.69, 9.17) is 4.74 Å². The molecule has 3 amide bonds. The zero-order chi connectivity index (χ0) is 25.8. The standard InChI is InChI=1S/C26H33N5O5/c1-16(2)21-15-36-26(35)31(21)22-13-14-27-24(29-22)30(25(33)34)17(3)18-9-11-20(12-10-18)28-23(32)19-7-5-4-6-8-19/h9-14,16-17,19,21H,4-8,15H2,1-3H3,(H,28,32)(H,33,34). The second-order valence-electron chi connectivity index (χ2n) is 9.75. The van der Waals surface area contributed by atoms with Gasteiger partial charge in [-0.15, -0.1) is 0 Å². The van der Waals surface area contributed by atoms with E-state index >= 15 is 0 Å². The van der Waals surface area contributed by atoms with Crippen LogP contribution >= 0.6 is 0 Å². The summed E-state index contributed by atoms with van der Waals surface area (Å²) in [5, 5.41) is 13.0. The molecular weight excluding hydrogens is 462 g/mol. The van der Waals surface area contributed by atoms with Crippen LogP contribution in [0.2, 0.25) is 0 Å². The minimum atomic E-state index is -1.22. The molecule has 1 aliphatic heterocycles. The smallest absolute Gasteiger partial charge is 0.415 e. The van der Waals surface area contributed by atoms with E-state index in [-0.39, 0.29) is 36.3 Å². The van der Waals surface area contributed by atoms with Crippen LogP contribution in [0.4, 0.5) is 27.0 Å². The zero-order valence-electron chi connectivity index (χ0n) is 20.9. The molecule has 1 aromatic heterocycles. The predicted molar refractivity (Wildman–Crippen MR) is 135 cm³/mol. The van der Waals surface area contributed by atoms with Gasteiger partial charge >= 0.3 is 12.2 Å². The fourth-order valence-electron chi connectivity index (χ4n) is 4.81. The van der Waals surface area contributed by atoms with Gasteiger partial charge in [-0.2, -0.15) is 4.98 Å². The number of hydrogen-bond donors (Lipinski definition) is 2. The third kappa shape index (κ3) is 5.42. The number of carboxylic acid groups (broad SMARTS) is 1. The molecule has 1 aliphatic carbocycles. The van der Waals surface area contributed by atoms with Crippen LogP contribution in [0.3, 0.4) is 0 Å². The van der Waals surface area contributed by atoms with Gasteiger partial charge in [0.1, 0.15) is 12.4 Å². The summed E-state index contributed by atoms with van der Waals surface area (Å²) < 4.78 is 5.20. The Labute approximate surface area is 210 Å². The minimum Gasteiger partial charge on any atom is -0.465 e. The molecule has 192 valence electrons. The zero-order valence-corrected chi connectivity index (χ0v) is 20.9. The van der Waals surface area contributed by atoms with E-state index in [9.17, 15) is 19.5 Å². The Hall–Kier alpha value is -3.69. The first-order chi connectivity index (χ1) is 17.3. The third-order valence-corrected chi connectivity index (χ3v) is 7.00. The molecule has 0 spiro atoms. The fraction of sp³-hybridized carbons (Fsp3) is 0.500. The molecule has 2 N–H and O–H groups in total. The van der Waals surface area contributed by atoms with Crippen molar-refractivity contribution >= 4 is 35.5 Å². The van der Waals surface area contributed by atoms with E-state index in [1.54, 1.807) is 37.3 Å². The summed E-state index contributed by atoms with van der Waals surface area (Å²) in [5.41, 5.74) is 1.39. The van der Waals surface area contributed by atoms with Gasteiger partial charge in [-0.05, 0) is 49.4 Å². The maximum absolute atomic E-state index is 12.5. The lowest BCUT2D eigenvalue weighted by atomic mass is 9.88. The van der Waals surface area contributed by atoms with Crippen molar-refractivity contribution in [2.45, 2.75) is 65.0 Å². The molecule has 2 atom stereocenters. The van der Waals surface area contributed by atoms with Crippen molar-refractivity contribution in [2.24, 2.45) is 11.8 Å². The van der Waals surface area contributed by atoms with Crippen LogP contribution in [0, 0.1) is 11.8 Å². The van der Waals surface area contributed by atoms with Crippen LogP contribution < -0.4 is 15.1 Å². The van der Waals surface area contributed by atoms with Crippen LogP contribution in [0.25, 0.3) is 0 Å². The summed E-state index contributed by atoms with van der Waals surface area (Å²) in [7, 11) is 0. The first kappa shape index (κ1) is 25.4. The Kier molecular flexibility index (Phi) is 7.71. The molecule has 36 heavy (non-hydrogen) atoms. The van der Waals surface area contributed by atoms with Crippen molar-refractivity contribution in [1.29, 1.82) is 0 Å². The maximum Gasteiger partial charge on any atom is 0.415 e. The monoisotopic (exact) mass is 495 g/mol. The number of amides is 3. The number of nitrogens with zero attached hydrogens (tertiary/aromatic N) is 4. The fourth-order valence-corrected chi connectivity index (χ4v) is 4.81. The van der Waals surface area contributed by atoms with Crippen molar-refractivity contribution in [1.82, 2.24) is 9.97 Å². The van der Waals surface area contributed by atoms with E-state index < -0.39 is 18.2 Å². The molecule has 2 aliphatic rings. The third-order valence-electron chi connectivity index (χ3n) is 7.00. The van der Waals surface area contributed by atoms with Crippen molar-refractivity contribution in [3.05, 3.63) is 42.1 Å². The summed E-state index contributed by atoms with van der Waals surface area (Å²) in [5.74, 6) is 0.465. The van der Waals surface area contributed by atoms with Gasteiger partial charge in [-0.1, -0.05) is 45.2 Å². The van der Waals surface area contributed by atoms with Crippen LogP contribution in [0.15, 0.2) is 36.5 Å². The molecule has 1 saturated heterocycles. The second-order valence-corrected chi connectivity index (χ2v) is 9.75. The minimum absolute atomic E-state index is 0.0352. The largest absolute Gasteiger partial charge is 0.465 e. The van der Waals surface area contributed by atoms with Gasteiger partial charge in [-0.25, -0.2) is 19.5 Å². The van der Waals surface area contributed by atoms with E-state index in [1.807, 2.05) is 13.8 Å². The topological polar surface area (TPSA) is 125 Å². The summed E-state index contributed by atoms with van der Waals surface area (Å²) in [6.45, 7) is 5.95. The summed E-state index contributed by atoms with van der Waals surface area (Å²) >= 11 is 0. The number of nitrogens with one attached hydrogen (secondary N) is 1. The number of anilines is 3. The second kappa shape index (κ2) is 10.9. The molecule has 10 heteroatoms. The average Bonchev–Trinajstić information content (AvgIpc) is 3.26. The molecule has 2 unspecified atom stereocenters. The lowest BCUT2D eigenvalue weighted by Crippen LogP contribution is -2.39. The highest BCUT2D eigenvalue weighted by Gasteiger charge is 2.37. The lowest BCUT2D eigenvalue weighted by molar-refractivity contribution is -0.120. The first-order valence-corrected chi connectivity index (χ1v) is 12.5. The Morgan fingerprint density at radius 1 is 1.11 bits per heavy atom. The van der Waals surface area contributed by atoms with Gasteiger partial charge in [0.15, 0.2) is 0 Å². The van der Waals surface area contributed by atoms with Gasteiger partial charge in [0, 0.05) is 17.8 Å². The van der Waals surface area contributed by atoms with E-state index in [1.165, 1.54) is 17.5 Å². The number of rotatable bonds is 7. The van der Waals surface area contributed by atoms with E-state index in [0.717, 1.165) is 30.6 Å². The SMILES string of the molecule is CC(C)C1COC(=O)N1c1ccnc(N(C(=O)O)C(C)c2ccc(NC(=O)C3CCCCC3)cc2)n1. The molecule has 1 saturated carbocycles. The molecule has 2 aromatic rings. The molecular formula is C26H33N5O5. The number of carbonyl (C=O) groups is 3. The van der Waals surface area contributed by atoms with Crippen molar-refractivity contribution in [3.63, 3.8) is 0 Å². The van der Waals surface area contributed by atoms with Crippen LogP contribution in [0.1, 0.15) is 64.5 Å². The Morgan fingerprint density at radius 3 is 2.44 bits per heavy atom. The van der Waals surface area contributed by atoms with Gasteiger partial charge in [0.05, 0.1) is 12.1 Å². The van der Waals surface area contributed by atoms with E-state index in [2.05, 4.69) is 15.3 Å². The van der Waals surface area contributed by atoms with Gasteiger partial charge in [0.2, 0.25) is 11.9 Å². The van der Waals surface area contributed by atoms with Crippen LogP contribution in [-0.4, -0.2) is 45.8 Å². The van der Waals surface area contributed by atoms with Gasteiger partial charge in [0.25, 0.3) is 0 Å². The molecule has 1 aromatic carbocycles. The molecule has 2 heterocycles. The number of carbonyl (C=O) groups excluding carboxylic acids is 2. The number of ether oxygens (including phenoxy) is 1. The van der Waals surface area contributed by atoms with Crippen molar-refractivity contribution in [3.8, 4) is 0 Å². The van der Waals surface area contributed by atoms with Crippen molar-refractivity contribution < 1.29 is 24.2 Å². The first-order valence-electron chi connectivity index (χ1n) is 12.5. The Bertz CT molecular complexity index is 1100. The van der Waals surface area contributed by atoms with Crippen LogP contribution in [-0.2, 0) is 9.53 Å². The number of benzene rings is 1. The Morgan fingerprint density at radius 2 is 1.81 bits per heavy atom. The van der Waals surface area contributed by atoms with Gasteiger partial charge < -0.3 is 15.2 Å². The molecule has 0 bridgehead atoms. The average molecular weight is 496 g/mol. The summed E-state index contributed by atoms with van der Waals surface area (Å²) in [6, 6.07) is 7.87. The maximum atomic E-state index is 12.5. The predicted octanol–water partition coefficient (Wildman–Crippen LogP) is 5.22. The molecule has 2 fully saturated rings. The highest BCUT2D eigenvalue weighted by Crippen LogP contribution is 2.30. The highest BCUT2D eigenvalue weighted by molar-refractivity contribution is 5.93. The summed E-state index contributed by atoms with van der Waals surface area (Å²) in [4.78, 5) is 48.3. The van der Waals surface area contributed by atoms with Crippen molar-refractivity contribution in [2.75, 3.05) is 21.7 Å². The molecule has 4 rings (SSSR count). The number of cyclic esters (lactones) is 1. The molecule has 10 nitrogen and oxygen atoms in total. The van der Waals surface area contributed by atoms with Gasteiger partial charge in [-0.3, -0.25) is 9.69 Å². The van der Waals surface area contributed by atoms with E-state index in [0.29, 0.717) is 17.1 Å². The van der Waals surface area contributed by atoms with Crippen LogP contribution in [0.5, 0.6) is 0 Å². The quantitative estimate of drug-likeness (QED) is 0.539. The normalized spacial score (nSPS) is 19.2. The number of aromatic nitrogens is 2. The Balaban J connectivity index is 1.52. The molecule has 0 radical (unpaired) electrons. The lowest BCUT2D eigenvalue weighted by Gasteiger charge is -2.27.